The van der Waals surface area contributed by atoms with Crippen LogP contribution in [0.15, 0.2) is 91.0 Å². The van der Waals surface area contributed by atoms with Crippen molar-refractivity contribution < 1.29 is 0 Å². The highest BCUT2D eigenvalue weighted by Gasteiger charge is 2.14. The molecule has 0 amide bonds. The molecule has 6 aromatic rings. The van der Waals surface area contributed by atoms with E-state index in [1.165, 1.54) is 16.2 Å². The molecule has 0 atom stereocenters. The van der Waals surface area contributed by atoms with Gasteiger partial charge in [0.25, 0.3) is 0 Å². The Hall–Kier alpha value is -3.49. The van der Waals surface area contributed by atoms with Crippen molar-refractivity contribution in [3.05, 3.63) is 96.1 Å². The molecule has 0 aliphatic rings. The number of hydrogen-bond acceptors (Lipinski definition) is 2. The van der Waals surface area contributed by atoms with Gasteiger partial charge >= 0.3 is 0 Å². The molecule has 6 rings (SSSR count). The van der Waals surface area contributed by atoms with E-state index >= 15 is 0 Å². The van der Waals surface area contributed by atoms with Gasteiger partial charge in [0, 0.05) is 16.3 Å². The second-order valence-electron chi connectivity index (χ2n) is 7.21. The summed E-state index contributed by atoms with van der Waals surface area (Å²) in [6, 6.07) is 31.3. The summed E-state index contributed by atoms with van der Waals surface area (Å²) < 4.78 is 0. The smallest absolute Gasteiger partial charge is 0.162 e. The van der Waals surface area contributed by atoms with Crippen molar-refractivity contribution in [1.29, 1.82) is 0 Å². The molecule has 0 spiro atoms. The summed E-state index contributed by atoms with van der Waals surface area (Å²) in [4.78, 5) is 9.69. The third kappa shape index (κ3) is 2.50. The molecule has 1 heterocycles. The molecule has 0 aliphatic heterocycles. The highest BCUT2D eigenvalue weighted by molar-refractivity contribution is 6.35. The summed E-state index contributed by atoms with van der Waals surface area (Å²) in [7, 11) is 0. The minimum atomic E-state index is 0.480. The van der Waals surface area contributed by atoms with Gasteiger partial charge in [0.1, 0.15) is 5.15 Å². The molecule has 0 unspecified atom stereocenters. The Morgan fingerprint density at radius 3 is 2.00 bits per heavy atom. The van der Waals surface area contributed by atoms with Gasteiger partial charge in [-0.1, -0.05) is 90.5 Å². The molecular formula is C26H15ClN2. The largest absolute Gasteiger partial charge is 0.227 e. The first-order chi connectivity index (χ1) is 14.3. The van der Waals surface area contributed by atoms with Crippen molar-refractivity contribution in [3.63, 3.8) is 0 Å². The molecule has 0 bridgehead atoms. The van der Waals surface area contributed by atoms with Gasteiger partial charge in [-0.2, -0.15) is 0 Å². The number of aromatic nitrogens is 2. The first kappa shape index (κ1) is 16.5. The molecule has 0 saturated carbocycles. The molecule has 0 fully saturated rings. The summed E-state index contributed by atoms with van der Waals surface area (Å²) in [5, 5.41) is 8.29. The van der Waals surface area contributed by atoms with Crippen LogP contribution in [0.1, 0.15) is 0 Å². The molecule has 5 aromatic carbocycles. The van der Waals surface area contributed by atoms with Crippen molar-refractivity contribution in [2.45, 2.75) is 0 Å². The van der Waals surface area contributed by atoms with E-state index in [0.29, 0.717) is 11.0 Å². The molecule has 0 N–H and O–H groups in total. The molecule has 0 radical (unpaired) electrons. The number of benzene rings is 5. The van der Waals surface area contributed by atoms with E-state index < -0.39 is 0 Å². The molecule has 29 heavy (non-hydrogen) atoms. The van der Waals surface area contributed by atoms with Crippen molar-refractivity contribution in [2.75, 3.05) is 0 Å². The summed E-state index contributed by atoms with van der Waals surface area (Å²) in [5.41, 5.74) is 1.88. The number of nitrogens with zero attached hydrogens (tertiary/aromatic N) is 2. The van der Waals surface area contributed by atoms with Crippen LogP contribution in [0.4, 0.5) is 0 Å². The number of rotatable bonds is 1. The Bertz CT molecular complexity index is 1570. The van der Waals surface area contributed by atoms with Crippen LogP contribution < -0.4 is 0 Å². The van der Waals surface area contributed by atoms with Crippen LogP contribution in [0.25, 0.3) is 54.6 Å². The Morgan fingerprint density at radius 1 is 0.517 bits per heavy atom. The van der Waals surface area contributed by atoms with Crippen molar-refractivity contribution in [1.82, 2.24) is 9.97 Å². The van der Waals surface area contributed by atoms with Gasteiger partial charge in [0.05, 0.1) is 5.52 Å². The van der Waals surface area contributed by atoms with Crippen molar-refractivity contribution >= 4 is 54.8 Å². The normalized spacial score (nSPS) is 11.6. The van der Waals surface area contributed by atoms with Gasteiger partial charge in [-0.25, -0.2) is 9.97 Å². The SMILES string of the molecule is Clc1nc(-c2cc3ccccc3c3ccccc23)nc2c1ccc1ccccc12. The summed E-state index contributed by atoms with van der Waals surface area (Å²) in [6.45, 7) is 0. The average Bonchev–Trinajstić information content (AvgIpc) is 2.78. The predicted octanol–water partition coefficient (Wildman–Crippen LogP) is 7.41. The average molecular weight is 391 g/mol. The molecule has 2 nitrogen and oxygen atoms in total. The maximum absolute atomic E-state index is 6.63. The van der Waals surface area contributed by atoms with Gasteiger partial charge in [-0.3, -0.25) is 0 Å². The maximum Gasteiger partial charge on any atom is 0.162 e. The summed E-state index contributed by atoms with van der Waals surface area (Å²) >= 11 is 6.63. The van der Waals surface area contributed by atoms with E-state index in [1.54, 1.807) is 0 Å². The van der Waals surface area contributed by atoms with Crippen molar-refractivity contribution in [3.8, 4) is 11.4 Å². The third-order valence-electron chi connectivity index (χ3n) is 5.55. The Labute approximate surface area is 172 Å². The summed E-state index contributed by atoms with van der Waals surface area (Å²) in [5.74, 6) is 0.654. The third-order valence-corrected chi connectivity index (χ3v) is 5.84. The first-order valence-corrected chi connectivity index (χ1v) is 9.93. The highest BCUT2D eigenvalue weighted by atomic mass is 35.5. The molecule has 0 saturated heterocycles. The standard InChI is InChI=1S/C26H15ClN2/c27-25-22-14-13-16-7-1-4-10-19(16)24(22)28-26(29-25)23-15-17-8-2-3-9-18(17)20-11-5-6-12-21(20)23/h1-15H. The van der Waals surface area contributed by atoms with Crippen LogP contribution in [0.3, 0.4) is 0 Å². The van der Waals surface area contributed by atoms with Crippen LogP contribution in [-0.4, -0.2) is 9.97 Å². The van der Waals surface area contributed by atoms with Crippen LogP contribution in [0.5, 0.6) is 0 Å². The van der Waals surface area contributed by atoms with E-state index in [9.17, 15) is 0 Å². The fourth-order valence-electron chi connectivity index (χ4n) is 4.19. The van der Waals surface area contributed by atoms with Crippen molar-refractivity contribution in [2.24, 2.45) is 0 Å². The fourth-order valence-corrected chi connectivity index (χ4v) is 4.42. The van der Waals surface area contributed by atoms with Crippen LogP contribution in [-0.2, 0) is 0 Å². The zero-order valence-electron chi connectivity index (χ0n) is 15.4. The lowest BCUT2D eigenvalue weighted by Crippen LogP contribution is -1.94. The van der Waals surface area contributed by atoms with Crippen LogP contribution >= 0.6 is 11.6 Å². The minimum absolute atomic E-state index is 0.480. The minimum Gasteiger partial charge on any atom is -0.227 e. The fraction of sp³-hybridized carbons (Fsp3) is 0. The number of fused-ring (bicyclic) bond motifs is 6. The topological polar surface area (TPSA) is 25.8 Å². The van der Waals surface area contributed by atoms with Gasteiger partial charge in [0.2, 0.25) is 0 Å². The van der Waals surface area contributed by atoms with Crippen LogP contribution in [0, 0.1) is 0 Å². The maximum atomic E-state index is 6.63. The first-order valence-electron chi connectivity index (χ1n) is 9.55. The van der Waals surface area contributed by atoms with Gasteiger partial charge < -0.3 is 0 Å². The lowest BCUT2D eigenvalue weighted by molar-refractivity contribution is 1.24. The molecule has 136 valence electrons. The van der Waals surface area contributed by atoms with E-state index in [1.807, 2.05) is 18.2 Å². The number of halogens is 1. The summed E-state index contributed by atoms with van der Waals surface area (Å²) in [6.07, 6.45) is 0. The van der Waals surface area contributed by atoms with Gasteiger partial charge in [-0.05, 0) is 39.1 Å². The van der Waals surface area contributed by atoms with E-state index in [0.717, 1.165) is 32.6 Å². The molecule has 1 aromatic heterocycles. The Balaban J connectivity index is 1.76. The zero-order chi connectivity index (χ0) is 19.4. The Morgan fingerprint density at radius 2 is 1.17 bits per heavy atom. The lowest BCUT2D eigenvalue weighted by Gasteiger charge is -2.12. The van der Waals surface area contributed by atoms with E-state index in [-0.39, 0.29) is 0 Å². The van der Waals surface area contributed by atoms with Gasteiger partial charge in [-0.15, -0.1) is 0 Å². The van der Waals surface area contributed by atoms with Gasteiger partial charge in [0.15, 0.2) is 5.82 Å². The quantitative estimate of drug-likeness (QED) is 0.216. The predicted molar refractivity (Wildman–Crippen MR) is 123 cm³/mol. The van der Waals surface area contributed by atoms with Crippen LogP contribution in [0.2, 0.25) is 5.15 Å². The zero-order valence-corrected chi connectivity index (χ0v) is 16.2. The van der Waals surface area contributed by atoms with E-state index in [2.05, 4.69) is 77.8 Å². The molecule has 3 heteroatoms. The molecule has 0 aliphatic carbocycles. The van der Waals surface area contributed by atoms with E-state index in [4.69, 9.17) is 16.6 Å². The lowest BCUT2D eigenvalue weighted by atomic mass is 9.96. The second-order valence-corrected chi connectivity index (χ2v) is 7.57. The molecular weight excluding hydrogens is 376 g/mol. The Kier molecular flexibility index (Phi) is 3.56. The second kappa shape index (κ2) is 6.26. The monoisotopic (exact) mass is 390 g/mol. The number of hydrogen-bond donors (Lipinski definition) is 0. The highest BCUT2D eigenvalue weighted by Crippen LogP contribution is 2.36.